The molecule has 0 saturated carbocycles. The molecule has 2 aromatic rings. The predicted octanol–water partition coefficient (Wildman–Crippen LogP) is 4.42. The van der Waals surface area contributed by atoms with Crippen molar-refractivity contribution in [3.05, 3.63) is 57.9 Å². The Morgan fingerprint density at radius 3 is 2.61 bits per heavy atom. The van der Waals surface area contributed by atoms with Gasteiger partial charge in [-0.15, -0.1) is 0 Å². The van der Waals surface area contributed by atoms with Gasteiger partial charge < -0.3 is 19.8 Å². The van der Waals surface area contributed by atoms with Crippen LogP contribution >= 0.6 is 11.6 Å². The number of amides is 2. The Balaban J connectivity index is 2.04. The average molecular weight is 415 g/mol. The van der Waals surface area contributed by atoms with Crippen molar-refractivity contribution >= 4 is 23.6 Å². The van der Waals surface area contributed by atoms with Crippen molar-refractivity contribution in [1.82, 2.24) is 10.6 Å². The molecule has 1 atom stereocenters. The normalized spacial score (nSPS) is 17.2. The highest BCUT2D eigenvalue weighted by Crippen LogP contribution is 2.38. The zero-order valence-corrected chi connectivity index (χ0v) is 15.4. The van der Waals surface area contributed by atoms with Crippen LogP contribution in [-0.4, -0.2) is 19.1 Å². The number of allylic oxidation sites excluding steroid dienone is 1. The minimum absolute atomic E-state index is 0.0309. The van der Waals surface area contributed by atoms with Crippen molar-refractivity contribution in [2.75, 3.05) is 7.11 Å². The maximum Gasteiger partial charge on any atom is 0.416 e. The Kier molecular flexibility index (Phi) is 5.12. The largest absolute Gasteiger partial charge is 0.466 e. The van der Waals surface area contributed by atoms with Gasteiger partial charge in [-0.3, -0.25) is 0 Å². The molecule has 28 heavy (non-hydrogen) atoms. The number of ether oxygens (including phenoxy) is 1. The smallest absolute Gasteiger partial charge is 0.416 e. The number of carbonyl (C=O) groups excluding carboxylic acids is 2. The second-order valence-electron chi connectivity index (χ2n) is 5.96. The van der Waals surface area contributed by atoms with E-state index in [0.29, 0.717) is 0 Å². The second kappa shape index (κ2) is 7.23. The van der Waals surface area contributed by atoms with Crippen LogP contribution in [0.2, 0.25) is 5.02 Å². The number of halogens is 4. The highest BCUT2D eigenvalue weighted by Gasteiger charge is 2.35. The van der Waals surface area contributed by atoms with E-state index in [0.717, 1.165) is 18.2 Å². The number of benzene rings is 1. The van der Waals surface area contributed by atoms with E-state index in [-0.39, 0.29) is 33.4 Å². The molecule has 0 spiro atoms. The summed E-state index contributed by atoms with van der Waals surface area (Å²) in [6.07, 6.45) is -4.55. The van der Waals surface area contributed by atoms with Crippen LogP contribution in [0.1, 0.15) is 24.3 Å². The lowest BCUT2D eigenvalue weighted by Crippen LogP contribution is -2.45. The van der Waals surface area contributed by atoms with Gasteiger partial charge in [0.15, 0.2) is 0 Å². The van der Waals surface area contributed by atoms with Crippen LogP contribution in [0.4, 0.5) is 18.0 Å². The number of alkyl halides is 3. The third kappa shape index (κ3) is 3.70. The first kappa shape index (κ1) is 19.8. The molecule has 0 fully saturated rings. The van der Waals surface area contributed by atoms with Gasteiger partial charge in [-0.2, -0.15) is 13.2 Å². The molecule has 148 valence electrons. The van der Waals surface area contributed by atoms with Gasteiger partial charge in [0.05, 0.1) is 23.3 Å². The van der Waals surface area contributed by atoms with E-state index < -0.39 is 29.8 Å². The van der Waals surface area contributed by atoms with E-state index in [1.54, 1.807) is 0 Å². The van der Waals surface area contributed by atoms with E-state index in [4.69, 9.17) is 20.8 Å². The van der Waals surface area contributed by atoms with Gasteiger partial charge in [0.1, 0.15) is 17.6 Å². The van der Waals surface area contributed by atoms with Gasteiger partial charge in [-0.05, 0) is 37.3 Å². The standard InChI is InChI=1S/C18H14ClF3N2O4/c1-8-14(16(25)27-2)15(24-17(26)23-8)13-6-5-12(28-13)10-7-9(18(20,21)22)3-4-11(10)19/h3-7,15H,1-2H3,(H2,23,24,26)/t15-/m1/s1. The third-order valence-electron chi connectivity index (χ3n) is 4.14. The van der Waals surface area contributed by atoms with Crippen LogP contribution in [0.15, 0.2) is 46.0 Å². The molecule has 2 amide bonds. The fraction of sp³-hybridized carbons (Fsp3) is 0.222. The minimum atomic E-state index is -4.55. The maximum absolute atomic E-state index is 13.0. The van der Waals surface area contributed by atoms with Crippen molar-refractivity contribution in [2.45, 2.75) is 19.1 Å². The third-order valence-corrected chi connectivity index (χ3v) is 4.47. The van der Waals surface area contributed by atoms with Crippen molar-refractivity contribution in [1.29, 1.82) is 0 Å². The first-order valence-electron chi connectivity index (χ1n) is 7.95. The summed E-state index contributed by atoms with van der Waals surface area (Å²) >= 11 is 6.03. The summed E-state index contributed by atoms with van der Waals surface area (Å²) in [5.41, 5.74) is -0.469. The highest BCUT2D eigenvalue weighted by atomic mass is 35.5. The summed E-state index contributed by atoms with van der Waals surface area (Å²) in [7, 11) is 1.19. The monoisotopic (exact) mass is 414 g/mol. The minimum Gasteiger partial charge on any atom is -0.466 e. The van der Waals surface area contributed by atoms with Crippen LogP contribution in [0.5, 0.6) is 0 Å². The predicted molar refractivity (Wildman–Crippen MR) is 93.3 cm³/mol. The molecule has 1 aromatic heterocycles. The number of hydrogen-bond donors (Lipinski definition) is 2. The van der Waals surface area contributed by atoms with Crippen molar-refractivity contribution in [3.8, 4) is 11.3 Å². The van der Waals surface area contributed by atoms with E-state index in [1.807, 2.05) is 0 Å². The number of esters is 1. The fourth-order valence-electron chi connectivity index (χ4n) is 2.83. The average Bonchev–Trinajstić information content (AvgIpc) is 3.09. The molecule has 0 unspecified atom stereocenters. The molecule has 0 saturated heterocycles. The number of urea groups is 1. The van der Waals surface area contributed by atoms with Gasteiger partial charge in [0, 0.05) is 11.3 Å². The number of rotatable bonds is 3. The first-order valence-corrected chi connectivity index (χ1v) is 8.33. The van der Waals surface area contributed by atoms with Crippen LogP contribution in [0.25, 0.3) is 11.3 Å². The number of hydrogen-bond acceptors (Lipinski definition) is 4. The Morgan fingerprint density at radius 2 is 1.96 bits per heavy atom. The molecule has 2 N–H and O–H groups in total. The number of carbonyl (C=O) groups is 2. The fourth-order valence-corrected chi connectivity index (χ4v) is 3.04. The molecule has 1 aromatic carbocycles. The lowest BCUT2D eigenvalue weighted by atomic mass is 10.0. The summed E-state index contributed by atoms with van der Waals surface area (Å²) in [6.45, 7) is 1.52. The molecular formula is C18H14ClF3N2O4. The first-order chi connectivity index (χ1) is 13.1. The van der Waals surface area contributed by atoms with Crippen molar-refractivity contribution in [3.63, 3.8) is 0 Å². The van der Waals surface area contributed by atoms with Gasteiger partial charge >= 0.3 is 18.2 Å². The molecule has 1 aliphatic heterocycles. The van der Waals surface area contributed by atoms with Gasteiger partial charge in [-0.1, -0.05) is 11.6 Å². The molecule has 10 heteroatoms. The van der Waals surface area contributed by atoms with Crippen LogP contribution in [0.3, 0.4) is 0 Å². The summed E-state index contributed by atoms with van der Waals surface area (Å²) in [5.74, 6) is -0.496. The summed E-state index contributed by atoms with van der Waals surface area (Å²) in [5, 5.41) is 5.04. The van der Waals surface area contributed by atoms with Gasteiger partial charge in [0.2, 0.25) is 0 Å². The quantitative estimate of drug-likeness (QED) is 0.728. The molecular weight excluding hydrogens is 401 g/mol. The van der Waals surface area contributed by atoms with Gasteiger partial charge in [0.25, 0.3) is 0 Å². The SMILES string of the molecule is COC(=O)C1=C(C)NC(=O)N[C@@H]1c1ccc(-c2cc(C(F)(F)F)ccc2Cl)o1. The zero-order valence-electron chi connectivity index (χ0n) is 14.6. The maximum atomic E-state index is 13.0. The topological polar surface area (TPSA) is 80.6 Å². The Bertz CT molecular complexity index is 981. The summed E-state index contributed by atoms with van der Waals surface area (Å²) < 4.78 is 49.4. The summed E-state index contributed by atoms with van der Waals surface area (Å²) in [6, 6.07) is 4.18. The zero-order chi connectivity index (χ0) is 20.6. The molecule has 3 rings (SSSR count). The van der Waals surface area contributed by atoms with E-state index in [2.05, 4.69) is 10.6 Å². The Labute approximate surface area is 162 Å². The van der Waals surface area contributed by atoms with Crippen LogP contribution in [-0.2, 0) is 15.7 Å². The Hall–Kier alpha value is -2.94. The molecule has 0 aliphatic carbocycles. The lowest BCUT2D eigenvalue weighted by molar-refractivity contribution is -0.138. The number of furan rings is 1. The summed E-state index contributed by atoms with van der Waals surface area (Å²) in [4.78, 5) is 23.9. The highest BCUT2D eigenvalue weighted by molar-refractivity contribution is 6.33. The van der Waals surface area contributed by atoms with Crippen LogP contribution < -0.4 is 10.6 Å². The van der Waals surface area contributed by atoms with Crippen LogP contribution in [0, 0.1) is 0 Å². The van der Waals surface area contributed by atoms with E-state index in [1.165, 1.54) is 26.2 Å². The van der Waals surface area contributed by atoms with E-state index in [9.17, 15) is 22.8 Å². The molecule has 0 bridgehead atoms. The lowest BCUT2D eigenvalue weighted by Gasteiger charge is -2.26. The molecule has 6 nitrogen and oxygen atoms in total. The van der Waals surface area contributed by atoms with Crippen molar-refractivity contribution < 1.29 is 31.9 Å². The van der Waals surface area contributed by atoms with E-state index >= 15 is 0 Å². The number of methoxy groups -OCH3 is 1. The second-order valence-corrected chi connectivity index (χ2v) is 6.36. The molecule has 2 heterocycles. The molecule has 1 aliphatic rings. The number of nitrogens with one attached hydrogen (secondary N) is 2. The van der Waals surface area contributed by atoms with Crippen molar-refractivity contribution in [2.24, 2.45) is 0 Å². The Morgan fingerprint density at radius 1 is 1.25 bits per heavy atom. The molecule has 0 radical (unpaired) electrons. The van der Waals surface area contributed by atoms with Gasteiger partial charge in [-0.25, -0.2) is 9.59 Å².